The molecule has 3 fully saturated rings. The number of rotatable bonds is 4. The monoisotopic (exact) mass is 264 g/mol. The average molecular weight is 264 g/mol. The molecule has 1 aliphatic carbocycles. The summed E-state index contributed by atoms with van der Waals surface area (Å²) >= 11 is 0. The van der Waals surface area contributed by atoms with Crippen molar-refractivity contribution >= 4 is 0 Å². The van der Waals surface area contributed by atoms with Crippen molar-refractivity contribution in [1.29, 1.82) is 0 Å². The predicted octanol–water partition coefficient (Wildman–Crippen LogP) is 3.42. The van der Waals surface area contributed by atoms with E-state index >= 15 is 0 Å². The van der Waals surface area contributed by atoms with Crippen molar-refractivity contribution in [2.45, 2.75) is 70.8 Å². The van der Waals surface area contributed by atoms with Crippen LogP contribution in [0.1, 0.15) is 64.7 Å². The van der Waals surface area contributed by atoms with Crippen LogP contribution in [0.2, 0.25) is 0 Å². The van der Waals surface area contributed by atoms with Gasteiger partial charge in [-0.2, -0.15) is 0 Å². The molecule has 2 aliphatic heterocycles. The summed E-state index contributed by atoms with van der Waals surface area (Å²) in [5, 5.41) is 3.55. The van der Waals surface area contributed by atoms with E-state index in [-0.39, 0.29) is 0 Å². The number of nitrogens with zero attached hydrogens (tertiary/aromatic N) is 1. The van der Waals surface area contributed by atoms with Gasteiger partial charge in [-0.05, 0) is 75.9 Å². The van der Waals surface area contributed by atoms with Crippen LogP contribution in [0.3, 0.4) is 0 Å². The molecule has 0 bridgehead atoms. The lowest BCUT2D eigenvalue weighted by Gasteiger charge is -2.42. The van der Waals surface area contributed by atoms with Crippen molar-refractivity contribution in [3.05, 3.63) is 0 Å². The number of nitrogens with one attached hydrogen (secondary N) is 1. The third kappa shape index (κ3) is 3.00. The quantitative estimate of drug-likeness (QED) is 0.837. The van der Waals surface area contributed by atoms with Gasteiger partial charge in [0.25, 0.3) is 0 Å². The molecule has 0 aromatic carbocycles. The fraction of sp³-hybridized carbons (Fsp3) is 1.00. The lowest BCUT2D eigenvalue weighted by Crippen LogP contribution is -2.47. The minimum atomic E-state index is 0.631. The number of hydrogen-bond donors (Lipinski definition) is 1. The maximum absolute atomic E-state index is 3.55. The van der Waals surface area contributed by atoms with E-state index in [0.29, 0.717) is 5.41 Å². The summed E-state index contributed by atoms with van der Waals surface area (Å²) in [4.78, 5) is 2.91. The molecule has 2 heteroatoms. The fourth-order valence-electron chi connectivity index (χ4n) is 4.94. The Kier molecular flexibility index (Phi) is 4.48. The standard InChI is InChI=1S/C17H32N2/c1-2-17(9-11-18-12-10-17)14-19-13-5-8-16(19)15-6-3-4-7-15/h15-16,18H,2-14H2,1H3. The Morgan fingerprint density at radius 1 is 1.05 bits per heavy atom. The summed E-state index contributed by atoms with van der Waals surface area (Å²) < 4.78 is 0. The molecule has 2 nitrogen and oxygen atoms in total. The van der Waals surface area contributed by atoms with Crippen LogP contribution in [-0.4, -0.2) is 37.1 Å². The van der Waals surface area contributed by atoms with Crippen molar-refractivity contribution in [3.63, 3.8) is 0 Å². The Balaban J connectivity index is 1.63. The highest BCUT2D eigenvalue weighted by Crippen LogP contribution is 2.40. The number of piperidine rings is 1. The molecule has 0 spiro atoms. The highest BCUT2D eigenvalue weighted by Gasteiger charge is 2.38. The third-order valence-electron chi connectivity index (χ3n) is 6.31. The molecule has 1 atom stereocenters. The predicted molar refractivity (Wildman–Crippen MR) is 81.4 cm³/mol. The van der Waals surface area contributed by atoms with Gasteiger partial charge in [0.05, 0.1) is 0 Å². The van der Waals surface area contributed by atoms with E-state index in [1.165, 1.54) is 84.0 Å². The zero-order valence-corrected chi connectivity index (χ0v) is 12.8. The van der Waals surface area contributed by atoms with Crippen LogP contribution < -0.4 is 5.32 Å². The highest BCUT2D eigenvalue weighted by atomic mass is 15.2. The smallest absolute Gasteiger partial charge is 0.0124 e. The van der Waals surface area contributed by atoms with Crippen molar-refractivity contribution in [1.82, 2.24) is 10.2 Å². The van der Waals surface area contributed by atoms with E-state index in [4.69, 9.17) is 0 Å². The lowest BCUT2D eigenvalue weighted by molar-refractivity contribution is 0.0805. The van der Waals surface area contributed by atoms with Crippen molar-refractivity contribution in [2.75, 3.05) is 26.2 Å². The minimum absolute atomic E-state index is 0.631. The second-order valence-corrected chi connectivity index (χ2v) is 7.33. The minimum Gasteiger partial charge on any atom is -0.317 e. The van der Waals surface area contributed by atoms with Crippen LogP contribution in [0.25, 0.3) is 0 Å². The van der Waals surface area contributed by atoms with E-state index in [1.807, 2.05) is 0 Å². The first-order chi connectivity index (χ1) is 9.33. The Morgan fingerprint density at radius 3 is 2.47 bits per heavy atom. The molecular weight excluding hydrogens is 232 g/mol. The topological polar surface area (TPSA) is 15.3 Å². The largest absolute Gasteiger partial charge is 0.317 e. The maximum atomic E-state index is 3.55. The van der Waals surface area contributed by atoms with Crippen molar-refractivity contribution in [2.24, 2.45) is 11.3 Å². The number of hydrogen-bond acceptors (Lipinski definition) is 2. The molecular formula is C17H32N2. The van der Waals surface area contributed by atoms with Crippen molar-refractivity contribution in [3.8, 4) is 0 Å². The van der Waals surface area contributed by atoms with Gasteiger partial charge in [0, 0.05) is 12.6 Å². The molecule has 0 aromatic heterocycles. The van der Waals surface area contributed by atoms with E-state index in [0.717, 1.165) is 12.0 Å². The van der Waals surface area contributed by atoms with Crippen LogP contribution >= 0.6 is 0 Å². The van der Waals surface area contributed by atoms with Gasteiger partial charge < -0.3 is 5.32 Å². The molecule has 0 amide bonds. The van der Waals surface area contributed by atoms with Crippen LogP contribution in [0.4, 0.5) is 0 Å². The molecule has 3 rings (SSSR count). The third-order valence-corrected chi connectivity index (χ3v) is 6.31. The maximum Gasteiger partial charge on any atom is 0.0124 e. The van der Waals surface area contributed by atoms with E-state index in [1.54, 1.807) is 0 Å². The summed E-state index contributed by atoms with van der Waals surface area (Å²) in [5.74, 6) is 1.04. The molecule has 1 N–H and O–H groups in total. The van der Waals surface area contributed by atoms with Gasteiger partial charge in [0.2, 0.25) is 0 Å². The molecule has 0 radical (unpaired) electrons. The second kappa shape index (κ2) is 6.13. The van der Waals surface area contributed by atoms with Crippen LogP contribution in [0.5, 0.6) is 0 Å². The zero-order chi connectivity index (χ0) is 13.1. The molecule has 19 heavy (non-hydrogen) atoms. The number of likely N-dealkylation sites (tertiary alicyclic amines) is 1. The van der Waals surface area contributed by atoms with Gasteiger partial charge in [-0.3, -0.25) is 4.90 Å². The van der Waals surface area contributed by atoms with Gasteiger partial charge in [-0.1, -0.05) is 19.8 Å². The summed E-state index contributed by atoms with van der Waals surface area (Å²) in [6.07, 6.45) is 13.2. The Hall–Kier alpha value is -0.0800. The first kappa shape index (κ1) is 13.9. The van der Waals surface area contributed by atoms with Crippen LogP contribution in [0.15, 0.2) is 0 Å². The Labute approximate surface area is 119 Å². The molecule has 1 saturated carbocycles. The molecule has 110 valence electrons. The molecule has 3 aliphatic rings. The second-order valence-electron chi connectivity index (χ2n) is 7.33. The van der Waals surface area contributed by atoms with Gasteiger partial charge in [-0.25, -0.2) is 0 Å². The first-order valence-electron chi connectivity index (χ1n) is 8.78. The summed E-state index contributed by atoms with van der Waals surface area (Å²) in [6, 6.07) is 0.945. The summed E-state index contributed by atoms with van der Waals surface area (Å²) in [7, 11) is 0. The fourth-order valence-corrected chi connectivity index (χ4v) is 4.94. The molecule has 2 heterocycles. The van der Waals surface area contributed by atoms with E-state index in [9.17, 15) is 0 Å². The first-order valence-corrected chi connectivity index (χ1v) is 8.78. The van der Waals surface area contributed by atoms with Crippen molar-refractivity contribution < 1.29 is 0 Å². The normalized spacial score (nSPS) is 33.0. The Bertz CT molecular complexity index is 277. The summed E-state index contributed by atoms with van der Waals surface area (Å²) in [6.45, 7) is 7.69. The van der Waals surface area contributed by atoms with E-state index < -0.39 is 0 Å². The zero-order valence-electron chi connectivity index (χ0n) is 12.8. The lowest BCUT2D eigenvalue weighted by atomic mass is 9.76. The SMILES string of the molecule is CCC1(CN2CCCC2C2CCCC2)CCNCC1. The Morgan fingerprint density at radius 2 is 1.79 bits per heavy atom. The van der Waals surface area contributed by atoms with E-state index in [2.05, 4.69) is 17.1 Å². The van der Waals surface area contributed by atoms with Gasteiger partial charge in [-0.15, -0.1) is 0 Å². The molecule has 2 saturated heterocycles. The van der Waals surface area contributed by atoms with Gasteiger partial charge in [0.1, 0.15) is 0 Å². The van der Waals surface area contributed by atoms with Crippen LogP contribution in [-0.2, 0) is 0 Å². The average Bonchev–Trinajstić information content (AvgIpc) is 3.10. The molecule has 0 aromatic rings. The van der Waals surface area contributed by atoms with Gasteiger partial charge >= 0.3 is 0 Å². The van der Waals surface area contributed by atoms with Crippen LogP contribution in [0, 0.1) is 11.3 Å². The molecule has 1 unspecified atom stereocenters. The highest BCUT2D eigenvalue weighted by molar-refractivity contribution is 4.93. The van der Waals surface area contributed by atoms with Gasteiger partial charge in [0.15, 0.2) is 0 Å². The summed E-state index contributed by atoms with van der Waals surface area (Å²) in [5.41, 5.74) is 0.631.